The maximum absolute atomic E-state index is 13.3. The zero-order chi connectivity index (χ0) is 37.4. The van der Waals surface area contributed by atoms with Crippen molar-refractivity contribution in [1.82, 2.24) is 10.6 Å². The highest BCUT2D eigenvalue weighted by Gasteiger charge is 2.52. The van der Waals surface area contributed by atoms with Crippen LogP contribution in [0.2, 0.25) is 0 Å². The van der Waals surface area contributed by atoms with Gasteiger partial charge in [0.1, 0.15) is 42.7 Å². The van der Waals surface area contributed by atoms with Crippen molar-refractivity contribution in [2.75, 3.05) is 19.7 Å². The lowest BCUT2D eigenvalue weighted by Gasteiger charge is -2.49. The van der Waals surface area contributed by atoms with Crippen molar-refractivity contribution in [2.45, 2.75) is 158 Å². The van der Waals surface area contributed by atoms with Gasteiger partial charge in [0.2, 0.25) is 11.8 Å². The molecule has 2 saturated heterocycles. The van der Waals surface area contributed by atoms with Crippen LogP contribution < -0.4 is 16.4 Å². The summed E-state index contributed by atoms with van der Waals surface area (Å²) in [5.41, 5.74) is 5.62. The van der Waals surface area contributed by atoms with Crippen LogP contribution in [0.4, 0.5) is 0 Å². The molecule has 7 unspecified atom stereocenters. The fraction of sp³-hybridized carbons (Fsp3) is 0.912. The normalized spacial score (nSPS) is 39.9. The molecule has 0 aromatic carbocycles. The minimum absolute atomic E-state index is 0.0606. The minimum Gasteiger partial charge on any atom is -0.479 e. The first-order valence-electron chi connectivity index (χ1n) is 18.4. The molecule has 17 heteroatoms. The maximum Gasteiger partial charge on any atom is 0.332 e. The van der Waals surface area contributed by atoms with Crippen LogP contribution in [0.25, 0.3) is 0 Å². The number of aliphatic hydroxyl groups excluding tert-OH is 5. The molecule has 51 heavy (non-hydrogen) atoms. The molecule has 0 bridgehead atoms. The van der Waals surface area contributed by atoms with E-state index in [1.807, 2.05) is 6.92 Å². The van der Waals surface area contributed by atoms with Gasteiger partial charge in [-0.2, -0.15) is 0 Å². The Morgan fingerprint density at radius 2 is 1.63 bits per heavy atom. The largest absolute Gasteiger partial charge is 0.479 e. The summed E-state index contributed by atoms with van der Waals surface area (Å²) in [4.78, 5) is 38.3. The van der Waals surface area contributed by atoms with Crippen LogP contribution in [0.15, 0.2) is 0 Å². The summed E-state index contributed by atoms with van der Waals surface area (Å²) >= 11 is 0. The fourth-order valence-corrected chi connectivity index (χ4v) is 7.92. The van der Waals surface area contributed by atoms with E-state index in [-0.39, 0.29) is 43.7 Å². The molecule has 2 aliphatic heterocycles. The van der Waals surface area contributed by atoms with Crippen molar-refractivity contribution in [3.63, 3.8) is 0 Å². The van der Waals surface area contributed by atoms with Crippen LogP contribution in [0.5, 0.6) is 0 Å². The van der Waals surface area contributed by atoms with Gasteiger partial charge in [0.25, 0.3) is 0 Å². The average molecular weight is 734 g/mol. The van der Waals surface area contributed by atoms with Gasteiger partial charge in [0.15, 0.2) is 18.7 Å². The monoisotopic (exact) mass is 733 g/mol. The van der Waals surface area contributed by atoms with Crippen LogP contribution >= 0.6 is 0 Å². The number of amides is 2. The number of hydrogen-bond acceptors (Lipinski definition) is 14. The number of aliphatic hydroxyl groups is 5. The molecule has 2 heterocycles. The lowest BCUT2D eigenvalue weighted by atomic mass is 9.75. The van der Waals surface area contributed by atoms with Crippen LogP contribution in [-0.2, 0) is 38.1 Å². The molecule has 2 amide bonds. The number of nitrogens with two attached hydrogens (primary N) is 1. The van der Waals surface area contributed by atoms with Gasteiger partial charge < -0.3 is 70.7 Å². The zero-order valence-electron chi connectivity index (χ0n) is 29.7. The Kier molecular flexibility index (Phi) is 15.8. The highest BCUT2D eigenvalue weighted by molar-refractivity contribution is 5.78. The van der Waals surface area contributed by atoms with Gasteiger partial charge in [-0.3, -0.25) is 9.59 Å². The standard InChI is InChI=1S/C34H59N3O14/c1-4-19-13-20(31(44)36-11-10-35)14-21(29(19)51-34-28(43)27(42)25(40)16(2)47-34)49-33-24(37-17(3)39)30(26(41)23(15-38)50-33)48-22(32(45)46)12-18-8-6-5-7-9-18/h16,18-30,33-34,38,40-43H,4-15,35H2,1-3H3,(H,36,44)(H,37,39)(H,45,46)/t16?,19-,20?,21-,22?,23+,24?,25-,26+,27?,28+,29?,30?,33-,34+/m1/s1. The van der Waals surface area contributed by atoms with E-state index in [1.54, 1.807) is 0 Å². The topological polar surface area (TPSA) is 269 Å². The molecule has 0 spiro atoms. The third-order valence-electron chi connectivity index (χ3n) is 10.8. The number of hydrogen-bond donors (Lipinski definition) is 9. The summed E-state index contributed by atoms with van der Waals surface area (Å²) in [6, 6.07) is -1.27. The molecular formula is C34H59N3O14. The Hall–Kier alpha value is -2.03. The van der Waals surface area contributed by atoms with Gasteiger partial charge in [-0.05, 0) is 38.0 Å². The maximum atomic E-state index is 13.3. The first kappa shape index (κ1) is 41.7. The van der Waals surface area contributed by atoms with Crippen LogP contribution in [-0.4, -0.2) is 148 Å². The number of carbonyl (C=O) groups excluding carboxylic acids is 2. The number of ether oxygens (including phenoxy) is 5. The summed E-state index contributed by atoms with van der Waals surface area (Å²) in [5.74, 6) is -2.91. The molecule has 0 aromatic rings. The molecular weight excluding hydrogens is 674 g/mol. The third-order valence-corrected chi connectivity index (χ3v) is 10.8. The number of rotatable bonds is 15. The van der Waals surface area contributed by atoms with E-state index in [0.29, 0.717) is 12.8 Å². The third kappa shape index (κ3) is 10.6. The Bertz CT molecular complexity index is 1130. The second-order valence-electron chi connectivity index (χ2n) is 14.5. The quantitative estimate of drug-likeness (QED) is 0.0926. The predicted octanol–water partition coefficient (Wildman–Crippen LogP) is -1.51. The molecule has 2 saturated carbocycles. The molecule has 294 valence electrons. The van der Waals surface area contributed by atoms with Gasteiger partial charge in [-0.1, -0.05) is 45.4 Å². The van der Waals surface area contributed by atoms with E-state index < -0.39 is 104 Å². The zero-order valence-corrected chi connectivity index (χ0v) is 29.7. The second-order valence-corrected chi connectivity index (χ2v) is 14.5. The minimum atomic E-state index is -1.62. The molecule has 0 radical (unpaired) electrons. The van der Waals surface area contributed by atoms with E-state index in [9.17, 15) is 45.0 Å². The number of carbonyl (C=O) groups is 3. The fourth-order valence-electron chi connectivity index (χ4n) is 7.92. The molecule has 4 rings (SSSR count). The van der Waals surface area contributed by atoms with Gasteiger partial charge in [0, 0.05) is 25.9 Å². The first-order valence-corrected chi connectivity index (χ1v) is 18.4. The Balaban J connectivity index is 1.66. The summed E-state index contributed by atoms with van der Waals surface area (Å²) in [5, 5.41) is 68.8. The Labute approximate surface area is 298 Å². The highest BCUT2D eigenvalue weighted by atomic mass is 16.7. The smallest absolute Gasteiger partial charge is 0.332 e. The van der Waals surface area contributed by atoms with E-state index in [1.165, 1.54) is 13.8 Å². The summed E-state index contributed by atoms with van der Waals surface area (Å²) in [6.45, 7) is 4.41. The second kappa shape index (κ2) is 19.3. The lowest BCUT2D eigenvalue weighted by molar-refractivity contribution is -0.338. The van der Waals surface area contributed by atoms with Crippen LogP contribution in [0, 0.1) is 17.8 Å². The SMILES string of the molecule is CC[C@@H]1CC(C(=O)NCCN)C[C@@H](O[C@@H]2O[C@@H](CO)[C@H](O)C(OC(CC3CCCCC3)C(=O)O)C2NC(C)=O)C1O[C@@H]1OC(C)[C@@H](O)C(O)[C@@H]1O. The summed E-state index contributed by atoms with van der Waals surface area (Å²) in [7, 11) is 0. The number of carboxylic acids is 1. The molecule has 4 aliphatic rings. The summed E-state index contributed by atoms with van der Waals surface area (Å²) in [6.07, 6.45) is -9.92. The van der Waals surface area contributed by atoms with E-state index >= 15 is 0 Å². The van der Waals surface area contributed by atoms with Crippen molar-refractivity contribution in [3.05, 3.63) is 0 Å². The number of carboxylic acid groups (broad SMARTS) is 1. The summed E-state index contributed by atoms with van der Waals surface area (Å²) < 4.78 is 30.8. The predicted molar refractivity (Wildman–Crippen MR) is 178 cm³/mol. The molecule has 17 nitrogen and oxygen atoms in total. The van der Waals surface area contributed by atoms with Crippen LogP contribution in [0.3, 0.4) is 0 Å². The Morgan fingerprint density at radius 3 is 2.24 bits per heavy atom. The molecule has 0 aromatic heterocycles. The lowest BCUT2D eigenvalue weighted by Crippen LogP contribution is -2.67. The number of aliphatic carboxylic acids is 1. The Morgan fingerprint density at radius 1 is 0.922 bits per heavy atom. The van der Waals surface area contributed by atoms with Crippen molar-refractivity contribution in [1.29, 1.82) is 0 Å². The highest BCUT2D eigenvalue weighted by Crippen LogP contribution is 2.40. The molecule has 4 fully saturated rings. The van der Waals surface area contributed by atoms with Gasteiger partial charge in [-0.25, -0.2) is 4.79 Å². The van der Waals surface area contributed by atoms with Crippen molar-refractivity contribution >= 4 is 17.8 Å². The molecule has 15 atom stereocenters. The van der Waals surface area contributed by atoms with Crippen molar-refractivity contribution < 1.29 is 68.7 Å². The molecule has 10 N–H and O–H groups in total. The molecule has 2 aliphatic carbocycles. The van der Waals surface area contributed by atoms with Crippen LogP contribution in [0.1, 0.15) is 78.6 Å². The first-order chi connectivity index (χ1) is 24.3. The van der Waals surface area contributed by atoms with E-state index in [0.717, 1.165) is 32.1 Å². The number of nitrogens with one attached hydrogen (secondary N) is 2. The van der Waals surface area contributed by atoms with E-state index in [4.69, 9.17) is 29.4 Å². The van der Waals surface area contributed by atoms with Gasteiger partial charge >= 0.3 is 5.97 Å². The van der Waals surface area contributed by atoms with Gasteiger partial charge in [0.05, 0.1) is 24.9 Å². The van der Waals surface area contributed by atoms with Gasteiger partial charge in [-0.15, -0.1) is 0 Å². The van der Waals surface area contributed by atoms with E-state index in [2.05, 4.69) is 10.6 Å². The van der Waals surface area contributed by atoms with Crippen molar-refractivity contribution in [3.8, 4) is 0 Å². The van der Waals surface area contributed by atoms with Crippen molar-refractivity contribution in [2.24, 2.45) is 23.5 Å². The average Bonchev–Trinajstić information content (AvgIpc) is 3.11.